The highest BCUT2D eigenvalue weighted by Gasteiger charge is 2.34. The maximum atomic E-state index is 11.4. The Morgan fingerprint density at radius 3 is 2.47 bits per heavy atom. The summed E-state index contributed by atoms with van der Waals surface area (Å²) in [6.45, 7) is 2.26. The molecule has 0 aromatic rings. The highest BCUT2D eigenvalue weighted by atomic mass is 16.4. The minimum absolute atomic E-state index is 0.136. The van der Waals surface area contributed by atoms with Crippen molar-refractivity contribution in [1.82, 2.24) is 5.32 Å². The van der Waals surface area contributed by atoms with Gasteiger partial charge in [0.25, 0.3) is 0 Å². The fraction of sp³-hybridized carbons (Fsp3) is 0.692. The maximum absolute atomic E-state index is 11.4. The van der Waals surface area contributed by atoms with Gasteiger partial charge in [-0.2, -0.15) is 0 Å². The minimum atomic E-state index is -0.771. The van der Waals surface area contributed by atoms with Crippen LogP contribution in [0.5, 0.6) is 0 Å². The first-order valence-corrected chi connectivity index (χ1v) is 6.20. The zero-order chi connectivity index (χ0) is 12.7. The first kappa shape index (κ1) is 13.7. The molecule has 1 rings (SSSR count). The summed E-state index contributed by atoms with van der Waals surface area (Å²) in [5.74, 6) is -0.907. The Morgan fingerprint density at radius 1 is 1.29 bits per heavy atom. The van der Waals surface area contributed by atoms with E-state index in [1.807, 2.05) is 0 Å². The van der Waals surface area contributed by atoms with Crippen LogP contribution >= 0.6 is 0 Å². The van der Waals surface area contributed by atoms with Gasteiger partial charge in [0.1, 0.15) is 0 Å². The maximum Gasteiger partial charge on any atom is 0.303 e. The van der Waals surface area contributed by atoms with Crippen LogP contribution in [0.2, 0.25) is 0 Å². The molecule has 0 aromatic heterocycles. The number of allylic oxidation sites excluding steroid dienone is 1. The number of aliphatic carboxylic acids is 1. The lowest BCUT2D eigenvalue weighted by molar-refractivity contribution is -0.140. The van der Waals surface area contributed by atoms with Gasteiger partial charge in [0.15, 0.2) is 0 Å². The van der Waals surface area contributed by atoms with Gasteiger partial charge in [-0.05, 0) is 31.3 Å². The van der Waals surface area contributed by atoms with Gasteiger partial charge in [-0.25, -0.2) is 0 Å². The summed E-state index contributed by atoms with van der Waals surface area (Å²) in [4.78, 5) is 22.3. The third-order valence-corrected chi connectivity index (χ3v) is 3.40. The van der Waals surface area contributed by atoms with Crippen molar-refractivity contribution >= 4 is 11.9 Å². The standard InChI is InChI=1S/C13H21NO3/c1-2-6-11(15)14-10-13(9-12(16)17)7-4-3-5-8-13/h2,6H,3-5,7-10H2,1H3,(H,14,15)(H,16,17). The average Bonchev–Trinajstić information content (AvgIpc) is 2.27. The van der Waals surface area contributed by atoms with Gasteiger partial charge in [0.2, 0.25) is 5.91 Å². The Morgan fingerprint density at radius 2 is 1.94 bits per heavy atom. The number of hydrogen-bond acceptors (Lipinski definition) is 2. The predicted molar refractivity (Wildman–Crippen MR) is 65.6 cm³/mol. The molecule has 1 amide bonds. The van der Waals surface area contributed by atoms with Gasteiger partial charge < -0.3 is 10.4 Å². The van der Waals surface area contributed by atoms with E-state index < -0.39 is 5.97 Å². The Labute approximate surface area is 102 Å². The lowest BCUT2D eigenvalue weighted by Gasteiger charge is -2.36. The highest BCUT2D eigenvalue weighted by Crippen LogP contribution is 2.38. The molecule has 0 heterocycles. The first-order chi connectivity index (χ1) is 8.08. The van der Waals surface area contributed by atoms with Crippen molar-refractivity contribution in [2.75, 3.05) is 6.54 Å². The number of carbonyl (C=O) groups is 2. The highest BCUT2D eigenvalue weighted by molar-refractivity contribution is 5.87. The van der Waals surface area contributed by atoms with Crippen LogP contribution in [0.25, 0.3) is 0 Å². The van der Waals surface area contributed by atoms with Gasteiger partial charge in [-0.1, -0.05) is 25.3 Å². The van der Waals surface area contributed by atoms with Crippen LogP contribution < -0.4 is 5.32 Å². The second-order valence-corrected chi connectivity index (χ2v) is 4.85. The van der Waals surface area contributed by atoms with Crippen LogP contribution in [0.4, 0.5) is 0 Å². The van der Waals surface area contributed by atoms with Crippen molar-refractivity contribution in [2.45, 2.75) is 45.4 Å². The van der Waals surface area contributed by atoms with E-state index in [0.29, 0.717) is 6.54 Å². The first-order valence-electron chi connectivity index (χ1n) is 6.20. The molecule has 0 spiro atoms. The topological polar surface area (TPSA) is 66.4 Å². The number of nitrogens with one attached hydrogen (secondary N) is 1. The Balaban J connectivity index is 2.57. The third kappa shape index (κ3) is 4.59. The molecule has 4 nitrogen and oxygen atoms in total. The van der Waals surface area contributed by atoms with E-state index >= 15 is 0 Å². The number of carboxylic acids is 1. The van der Waals surface area contributed by atoms with E-state index in [1.54, 1.807) is 13.0 Å². The van der Waals surface area contributed by atoms with Gasteiger partial charge in [-0.15, -0.1) is 0 Å². The molecule has 1 saturated carbocycles. The van der Waals surface area contributed by atoms with E-state index in [-0.39, 0.29) is 17.7 Å². The molecule has 4 heteroatoms. The monoisotopic (exact) mass is 239 g/mol. The van der Waals surface area contributed by atoms with Crippen molar-refractivity contribution < 1.29 is 14.7 Å². The molecule has 0 aromatic carbocycles. The van der Waals surface area contributed by atoms with Crippen LogP contribution in [-0.2, 0) is 9.59 Å². The molecule has 17 heavy (non-hydrogen) atoms. The fourth-order valence-corrected chi connectivity index (χ4v) is 2.52. The van der Waals surface area contributed by atoms with E-state index in [4.69, 9.17) is 5.11 Å². The van der Waals surface area contributed by atoms with Crippen molar-refractivity contribution in [2.24, 2.45) is 5.41 Å². The van der Waals surface area contributed by atoms with Crippen LogP contribution in [0.15, 0.2) is 12.2 Å². The molecule has 1 fully saturated rings. The molecule has 0 bridgehead atoms. The van der Waals surface area contributed by atoms with Crippen molar-refractivity contribution in [1.29, 1.82) is 0 Å². The van der Waals surface area contributed by atoms with E-state index in [0.717, 1.165) is 25.7 Å². The normalized spacial score (nSPS) is 19.1. The summed E-state index contributed by atoms with van der Waals surface area (Å²) in [6, 6.07) is 0. The van der Waals surface area contributed by atoms with Gasteiger partial charge in [-0.3, -0.25) is 9.59 Å². The number of amides is 1. The SMILES string of the molecule is CC=CC(=O)NCC1(CC(=O)O)CCCCC1. The van der Waals surface area contributed by atoms with Gasteiger partial charge in [0.05, 0.1) is 6.42 Å². The molecule has 0 radical (unpaired) electrons. The lowest BCUT2D eigenvalue weighted by atomic mass is 9.71. The number of carbonyl (C=O) groups excluding carboxylic acids is 1. The largest absolute Gasteiger partial charge is 0.481 e. The van der Waals surface area contributed by atoms with Crippen LogP contribution in [0, 0.1) is 5.41 Å². The van der Waals surface area contributed by atoms with Crippen molar-refractivity contribution in [3.8, 4) is 0 Å². The summed E-state index contributed by atoms with van der Waals surface area (Å²) >= 11 is 0. The molecule has 0 saturated heterocycles. The molecule has 1 aliphatic rings. The molecular weight excluding hydrogens is 218 g/mol. The molecule has 0 aliphatic heterocycles. The number of hydrogen-bond donors (Lipinski definition) is 2. The van der Waals surface area contributed by atoms with Crippen molar-refractivity contribution in [3.05, 3.63) is 12.2 Å². The third-order valence-electron chi connectivity index (χ3n) is 3.40. The molecule has 1 aliphatic carbocycles. The lowest BCUT2D eigenvalue weighted by Crippen LogP contribution is -2.39. The Hall–Kier alpha value is -1.32. The van der Waals surface area contributed by atoms with E-state index in [2.05, 4.69) is 5.32 Å². The molecule has 0 unspecified atom stereocenters. The van der Waals surface area contributed by atoms with Crippen LogP contribution in [-0.4, -0.2) is 23.5 Å². The number of rotatable bonds is 5. The summed E-state index contributed by atoms with van der Waals surface area (Å²) in [6.07, 6.45) is 8.40. The Kier molecular flexibility index (Phi) is 5.19. The zero-order valence-electron chi connectivity index (χ0n) is 10.4. The van der Waals surface area contributed by atoms with Crippen LogP contribution in [0.1, 0.15) is 45.4 Å². The summed E-state index contributed by atoms with van der Waals surface area (Å²) < 4.78 is 0. The second kappa shape index (κ2) is 6.42. The smallest absolute Gasteiger partial charge is 0.303 e. The summed E-state index contributed by atoms with van der Waals surface area (Å²) in [5, 5.41) is 11.8. The fourth-order valence-electron chi connectivity index (χ4n) is 2.52. The average molecular weight is 239 g/mol. The zero-order valence-corrected chi connectivity index (χ0v) is 10.4. The van der Waals surface area contributed by atoms with Crippen molar-refractivity contribution in [3.63, 3.8) is 0 Å². The minimum Gasteiger partial charge on any atom is -0.481 e. The quantitative estimate of drug-likeness (QED) is 0.722. The molecule has 2 N–H and O–H groups in total. The number of carboxylic acid groups (broad SMARTS) is 1. The van der Waals surface area contributed by atoms with Gasteiger partial charge >= 0.3 is 5.97 Å². The summed E-state index contributed by atoms with van der Waals surface area (Å²) in [5.41, 5.74) is -0.235. The second-order valence-electron chi connectivity index (χ2n) is 4.85. The van der Waals surface area contributed by atoms with E-state index in [1.165, 1.54) is 12.5 Å². The Bertz CT molecular complexity index is 304. The molecular formula is C13H21NO3. The predicted octanol–water partition coefficient (Wildman–Crippen LogP) is 2.10. The molecule has 96 valence electrons. The van der Waals surface area contributed by atoms with E-state index in [9.17, 15) is 9.59 Å². The van der Waals surface area contributed by atoms with Crippen LogP contribution in [0.3, 0.4) is 0 Å². The molecule has 0 atom stereocenters. The van der Waals surface area contributed by atoms with Gasteiger partial charge in [0, 0.05) is 6.54 Å². The summed E-state index contributed by atoms with van der Waals surface area (Å²) in [7, 11) is 0.